The minimum atomic E-state index is -1.43. The molecule has 3 rings (SSSR count). The molecule has 4 N–H and O–H groups in total. The van der Waals surface area contributed by atoms with Gasteiger partial charge in [-0.3, -0.25) is 0 Å². The van der Waals surface area contributed by atoms with Crippen molar-refractivity contribution in [2.24, 2.45) is 5.16 Å². The Morgan fingerprint density at radius 3 is 2.38 bits per heavy atom. The fraction of sp³-hybridized carbons (Fsp3) is 0.500. The second-order valence-corrected chi connectivity index (χ2v) is 9.32. The number of halogens is 1. The summed E-state index contributed by atoms with van der Waals surface area (Å²) in [5, 5.41) is 45.0. The van der Waals surface area contributed by atoms with Crippen LogP contribution in [0.4, 0.5) is 0 Å². The van der Waals surface area contributed by atoms with Crippen molar-refractivity contribution in [2.45, 2.75) is 76.7 Å². The van der Waals surface area contributed by atoms with E-state index in [1.807, 2.05) is 44.2 Å². The predicted molar refractivity (Wildman–Crippen MR) is 131 cm³/mol. The van der Waals surface area contributed by atoms with Gasteiger partial charge in [0.2, 0.25) is 0 Å². The van der Waals surface area contributed by atoms with E-state index >= 15 is 0 Å². The quantitative estimate of drug-likeness (QED) is 0.316. The van der Waals surface area contributed by atoms with Crippen LogP contribution in [0.15, 0.2) is 47.6 Å². The van der Waals surface area contributed by atoms with Crippen LogP contribution < -0.4 is 0 Å². The number of ether oxygens (including phenoxy) is 1. The summed E-state index contributed by atoms with van der Waals surface area (Å²) < 4.78 is 5.69. The normalized spacial score (nSPS) is 25.6. The summed E-state index contributed by atoms with van der Waals surface area (Å²) in [6.45, 7) is 5.51. The van der Waals surface area contributed by atoms with E-state index in [1.165, 1.54) is 0 Å². The summed E-state index contributed by atoms with van der Waals surface area (Å²) in [5.74, 6) is 0. The number of hydrogen-bond acceptors (Lipinski definition) is 7. The van der Waals surface area contributed by atoms with E-state index in [1.54, 1.807) is 12.1 Å². The summed E-state index contributed by atoms with van der Waals surface area (Å²) in [5.41, 5.74) is 4.39. The highest BCUT2D eigenvalue weighted by atomic mass is 35.5. The van der Waals surface area contributed by atoms with Crippen LogP contribution >= 0.6 is 11.6 Å². The Kier molecular flexibility index (Phi) is 9.47. The van der Waals surface area contributed by atoms with Gasteiger partial charge >= 0.3 is 0 Å². The molecule has 1 aliphatic heterocycles. The number of aliphatic hydroxyl groups is 4. The lowest BCUT2D eigenvalue weighted by atomic mass is 9.90. The lowest BCUT2D eigenvalue weighted by molar-refractivity contribution is -0.231. The Hall–Kier alpha value is -2.00. The van der Waals surface area contributed by atoms with Gasteiger partial charge in [-0.05, 0) is 55.0 Å². The molecule has 0 radical (unpaired) electrons. The lowest BCUT2D eigenvalue weighted by Crippen LogP contribution is -2.55. The zero-order chi connectivity index (χ0) is 24.8. The first-order chi connectivity index (χ1) is 16.2. The number of oxime groups is 1. The Morgan fingerprint density at radius 2 is 1.76 bits per heavy atom. The van der Waals surface area contributed by atoms with Gasteiger partial charge in [0.05, 0.1) is 12.3 Å². The van der Waals surface area contributed by atoms with Crippen molar-refractivity contribution in [3.05, 3.63) is 69.7 Å². The maximum Gasteiger partial charge on any atom is 0.122 e. The van der Waals surface area contributed by atoms with Crippen molar-refractivity contribution >= 4 is 17.3 Å². The van der Waals surface area contributed by atoms with Crippen LogP contribution in [0.2, 0.25) is 5.02 Å². The molecule has 2 aromatic carbocycles. The Balaban J connectivity index is 1.80. The van der Waals surface area contributed by atoms with Crippen LogP contribution in [0.3, 0.4) is 0 Å². The molecule has 0 saturated carbocycles. The molecule has 2 aromatic rings. The molecule has 0 aromatic heterocycles. The van der Waals surface area contributed by atoms with Crippen LogP contribution in [0.25, 0.3) is 0 Å². The molecule has 0 aliphatic carbocycles. The molecule has 1 fully saturated rings. The minimum absolute atomic E-state index is 0.0178. The molecule has 186 valence electrons. The minimum Gasteiger partial charge on any atom is -0.394 e. The van der Waals surface area contributed by atoms with Gasteiger partial charge in [0, 0.05) is 5.02 Å². The lowest BCUT2D eigenvalue weighted by Gasteiger charge is -2.40. The smallest absolute Gasteiger partial charge is 0.122 e. The highest BCUT2D eigenvalue weighted by molar-refractivity contribution is 6.31. The van der Waals surface area contributed by atoms with E-state index in [0.29, 0.717) is 17.0 Å². The molecular formula is C26H34ClNO6. The zero-order valence-corrected chi connectivity index (χ0v) is 20.5. The van der Waals surface area contributed by atoms with E-state index in [4.69, 9.17) is 21.2 Å². The van der Waals surface area contributed by atoms with Crippen LogP contribution in [0.5, 0.6) is 0 Å². The van der Waals surface area contributed by atoms with E-state index in [-0.39, 0.29) is 6.10 Å². The summed E-state index contributed by atoms with van der Waals surface area (Å²) in [4.78, 5) is 5.45. The van der Waals surface area contributed by atoms with Crippen molar-refractivity contribution in [3.8, 4) is 0 Å². The highest BCUT2D eigenvalue weighted by Crippen LogP contribution is 2.34. The summed E-state index contributed by atoms with van der Waals surface area (Å²) in [7, 11) is 0. The molecule has 7 nitrogen and oxygen atoms in total. The molecule has 0 spiro atoms. The molecule has 1 aliphatic rings. The maximum atomic E-state index is 10.5. The van der Waals surface area contributed by atoms with E-state index in [2.05, 4.69) is 12.1 Å². The number of nitrogens with zero attached hydrogens (tertiary/aromatic N) is 1. The Labute approximate surface area is 205 Å². The van der Waals surface area contributed by atoms with Gasteiger partial charge in [-0.2, -0.15) is 0 Å². The van der Waals surface area contributed by atoms with E-state index in [0.717, 1.165) is 35.2 Å². The molecule has 1 saturated heterocycles. The third-order valence-electron chi connectivity index (χ3n) is 5.83. The molecule has 1 heterocycles. The van der Waals surface area contributed by atoms with Crippen molar-refractivity contribution in [1.29, 1.82) is 0 Å². The average molecular weight is 492 g/mol. The average Bonchev–Trinajstić information content (AvgIpc) is 2.82. The highest BCUT2D eigenvalue weighted by Gasteiger charge is 2.44. The largest absolute Gasteiger partial charge is 0.394 e. The van der Waals surface area contributed by atoms with Crippen LogP contribution in [0, 0.1) is 0 Å². The van der Waals surface area contributed by atoms with Crippen molar-refractivity contribution < 1.29 is 30.0 Å². The van der Waals surface area contributed by atoms with E-state index < -0.39 is 37.1 Å². The summed E-state index contributed by atoms with van der Waals surface area (Å²) in [6.07, 6.45) is -3.68. The fourth-order valence-corrected chi connectivity index (χ4v) is 4.15. The van der Waals surface area contributed by atoms with Crippen LogP contribution in [-0.2, 0) is 16.0 Å². The van der Waals surface area contributed by atoms with Crippen molar-refractivity contribution in [3.63, 3.8) is 0 Å². The van der Waals surface area contributed by atoms with Crippen LogP contribution in [-0.4, -0.2) is 63.3 Å². The number of rotatable bonds is 9. The van der Waals surface area contributed by atoms with Crippen LogP contribution in [0.1, 0.15) is 62.0 Å². The second-order valence-electron chi connectivity index (χ2n) is 8.92. The second kappa shape index (κ2) is 12.1. The standard InChI is InChI=1S/C26H34ClNO6/c1-4-5-21(28-34-15(2)3)17-8-6-16(7-9-17)12-19-13-18(10-11-20(19)27)26-25(32)24(31)23(30)22(14-29)33-26/h6-11,13,15,22-26,29-32H,4-5,12,14H2,1-3H3/t22-,23-,24+,25-,26+/m1/s1. The molecule has 5 atom stereocenters. The summed E-state index contributed by atoms with van der Waals surface area (Å²) in [6, 6.07) is 13.3. The molecule has 0 amide bonds. The Bertz CT molecular complexity index is 962. The number of hydrogen-bond donors (Lipinski definition) is 4. The monoisotopic (exact) mass is 491 g/mol. The Morgan fingerprint density at radius 1 is 1.06 bits per heavy atom. The zero-order valence-electron chi connectivity index (χ0n) is 19.8. The molecule has 0 unspecified atom stereocenters. The third kappa shape index (κ3) is 6.36. The third-order valence-corrected chi connectivity index (χ3v) is 6.20. The predicted octanol–water partition coefficient (Wildman–Crippen LogP) is 3.37. The molecule has 0 bridgehead atoms. The van der Waals surface area contributed by atoms with Gasteiger partial charge in [0.15, 0.2) is 0 Å². The van der Waals surface area contributed by atoms with Gasteiger partial charge < -0.3 is 30.0 Å². The van der Waals surface area contributed by atoms with Gasteiger partial charge in [0.25, 0.3) is 0 Å². The fourth-order valence-electron chi connectivity index (χ4n) is 3.97. The molecule has 8 heteroatoms. The van der Waals surface area contributed by atoms with Gasteiger partial charge in [-0.15, -0.1) is 0 Å². The molecule has 34 heavy (non-hydrogen) atoms. The van der Waals surface area contributed by atoms with Crippen molar-refractivity contribution in [1.82, 2.24) is 0 Å². The first-order valence-electron chi connectivity index (χ1n) is 11.7. The first kappa shape index (κ1) is 26.6. The van der Waals surface area contributed by atoms with E-state index in [9.17, 15) is 20.4 Å². The first-order valence-corrected chi connectivity index (χ1v) is 12.0. The molecular weight excluding hydrogens is 458 g/mol. The summed E-state index contributed by atoms with van der Waals surface area (Å²) >= 11 is 6.45. The van der Waals surface area contributed by atoms with Gasteiger partial charge in [-0.1, -0.05) is 66.5 Å². The van der Waals surface area contributed by atoms with Gasteiger partial charge in [-0.25, -0.2) is 0 Å². The maximum absolute atomic E-state index is 10.5. The SMILES string of the molecule is CCCC(=NOC(C)C)c1ccc(Cc2cc([C@@H]3O[C@H](CO)[C@@H](O)[C@H](O)[C@H]3O)ccc2Cl)cc1. The van der Waals surface area contributed by atoms with Crippen molar-refractivity contribution in [2.75, 3.05) is 6.61 Å². The van der Waals surface area contributed by atoms with Gasteiger partial charge in [0.1, 0.15) is 36.6 Å². The number of aliphatic hydroxyl groups excluding tert-OH is 4. The topological polar surface area (TPSA) is 112 Å². The number of benzene rings is 2.